The van der Waals surface area contributed by atoms with Crippen molar-refractivity contribution in [2.75, 3.05) is 5.32 Å². The van der Waals surface area contributed by atoms with E-state index in [9.17, 15) is 8.78 Å². The molecule has 0 aliphatic heterocycles. The molecule has 1 aromatic carbocycles. The first-order chi connectivity index (χ1) is 7.66. The molecule has 0 aliphatic carbocycles. The average Bonchev–Trinajstić information content (AvgIpc) is 2.75. The van der Waals surface area contributed by atoms with Crippen molar-refractivity contribution < 1.29 is 18.3 Å². The van der Waals surface area contributed by atoms with Crippen LogP contribution in [0.2, 0.25) is 0 Å². The zero-order chi connectivity index (χ0) is 11.5. The third-order valence-corrected chi connectivity index (χ3v) is 2.06. The number of benzene rings is 1. The summed E-state index contributed by atoms with van der Waals surface area (Å²) in [7, 11) is 0. The number of phenols is 1. The van der Waals surface area contributed by atoms with Gasteiger partial charge in [0.05, 0.1) is 12.8 Å². The van der Waals surface area contributed by atoms with Crippen LogP contribution in [0.3, 0.4) is 0 Å². The molecule has 0 spiro atoms. The molecule has 2 N–H and O–H groups in total. The zero-order valence-electron chi connectivity index (χ0n) is 8.21. The summed E-state index contributed by atoms with van der Waals surface area (Å²) in [6.07, 6.45) is 1.51. The van der Waals surface area contributed by atoms with Crippen molar-refractivity contribution in [1.29, 1.82) is 0 Å². The first-order valence-electron chi connectivity index (χ1n) is 4.61. The second-order valence-corrected chi connectivity index (χ2v) is 3.22. The van der Waals surface area contributed by atoms with Gasteiger partial charge < -0.3 is 14.8 Å². The third-order valence-electron chi connectivity index (χ3n) is 2.06. The Morgan fingerprint density at radius 1 is 1.25 bits per heavy atom. The molecule has 0 radical (unpaired) electrons. The number of furan rings is 1. The Kier molecular flexibility index (Phi) is 2.76. The van der Waals surface area contributed by atoms with Gasteiger partial charge in [0.2, 0.25) is 0 Å². The highest BCUT2D eigenvalue weighted by Crippen LogP contribution is 2.24. The molecule has 1 aromatic heterocycles. The molecule has 2 aromatic rings. The van der Waals surface area contributed by atoms with Crippen molar-refractivity contribution >= 4 is 5.69 Å². The molecule has 0 saturated heterocycles. The number of phenolic OH excluding ortho intramolecular Hbond substituents is 1. The van der Waals surface area contributed by atoms with Crippen LogP contribution in [0.25, 0.3) is 0 Å². The van der Waals surface area contributed by atoms with E-state index in [0.717, 1.165) is 12.1 Å². The number of rotatable bonds is 3. The highest BCUT2D eigenvalue weighted by atomic mass is 19.1. The Morgan fingerprint density at radius 2 is 1.94 bits per heavy atom. The van der Waals surface area contributed by atoms with Gasteiger partial charge in [0.1, 0.15) is 5.76 Å². The first-order valence-corrected chi connectivity index (χ1v) is 4.61. The van der Waals surface area contributed by atoms with Crippen molar-refractivity contribution in [3.63, 3.8) is 0 Å². The minimum Gasteiger partial charge on any atom is -0.503 e. The lowest BCUT2D eigenvalue weighted by atomic mass is 10.2. The van der Waals surface area contributed by atoms with Crippen LogP contribution in [-0.2, 0) is 6.54 Å². The molecule has 0 aliphatic rings. The van der Waals surface area contributed by atoms with Crippen LogP contribution in [0.15, 0.2) is 34.9 Å². The van der Waals surface area contributed by atoms with Gasteiger partial charge in [-0.15, -0.1) is 0 Å². The fraction of sp³-hybridized carbons (Fsp3) is 0.0909. The zero-order valence-corrected chi connectivity index (χ0v) is 8.21. The van der Waals surface area contributed by atoms with Crippen LogP contribution in [-0.4, -0.2) is 5.11 Å². The van der Waals surface area contributed by atoms with Crippen LogP contribution in [0, 0.1) is 11.6 Å². The summed E-state index contributed by atoms with van der Waals surface area (Å²) < 4.78 is 30.9. The molecule has 0 amide bonds. The average molecular weight is 225 g/mol. The summed E-state index contributed by atoms with van der Waals surface area (Å²) >= 11 is 0. The number of aromatic hydroxyl groups is 1. The van der Waals surface area contributed by atoms with Gasteiger partial charge >= 0.3 is 0 Å². The smallest absolute Gasteiger partial charge is 0.187 e. The number of nitrogens with one attached hydrogen (secondary N) is 1. The van der Waals surface area contributed by atoms with E-state index in [1.165, 1.54) is 6.26 Å². The van der Waals surface area contributed by atoms with E-state index in [1.54, 1.807) is 12.1 Å². The predicted octanol–water partition coefficient (Wildman–Crippen LogP) is 2.88. The lowest BCUT2D eigenvalue weighted by Crippen LogP contribution is -1.99. The molecule has 0 saturated carbocycles. The molecule has 0 fully saturated rings. The number of hydrogen-bond donors (Lipinski definition) is 2. The quantitative estimate of drug-likeness (QED) is 0.789. The Hall–Kier alpha value is -2.04. The molecule has 3 nitrogen and oxygen atoms in total. The van der Waals surface area contributed by atoms with Gasteiger partial charge in [-0.2, -0.15) is 0 Å². The van der Waals surface area contributed by atoms with E-state index in [-0.39, 0.29) is 5.69 Å². The van der Waals surface area contributed by atoms with Crippen LogP contribution in [0.5, 0.6) is 5.75 Å². The number of hydrogen-bond acceptors (Lipinski definition) is 3. The third kappa shape index (κ3) is 2.13. The van der Waals surface area contributed by atoms with Gasteiger partial charge in [-0.05, 0) is 12.1 Å². The van der Waals surface area contributed by atoms with Gasteiger partial charge in [-0.3, -0.25) is 0 Å². The fourth-order valence-electron chi connectivity index (χ4n) is 1.27. The SMILES string of the molecule is Oc1c(F)cc(NCc2ccco2)cc1F. The van der Waals surface area contributed by atoms with E-state index < -0.39 is 17.4 Å². The minimum atomic E-state index is -0.998. The lowest BCUT2D eigenvalue weighted by Gasteiger charge is -2.06. The van der Waals surface area contributed by atoms with Crippen molar-refractivity contribution in [2.24, 2.45) is 0 Å². The van der Waals surface area contributed by atoms with Crippen LogP contribution >= 0.6 is 0 Å². The molecule has 5 heteroatoms. The second-order valence-electron chi connectivity index (χ2n) is 3.22. The number of anilines is 1. The van der Waals surface area contributed by atoms with Crippen molar-refractivity contribution in [3.05, 3.63) is 47.9 Å². The Balaban J connectivity index is 2.10. The molecule has 16 heavy (non-hydrogen) atoms. The summed E-state index contributed by atoms with van der Waals surface area (Å²) in [6.45, 7) is 0.316. The lowest BCUT2D eigenvalue weighted by molar-refractivity contribution is 0.396. The van der Waals surface area contributed by atoms with Crippen LogP contribution in [0.4, 0.5) is 14.5 Å². The fourth-order valence-corrected chi connectivity index (χ4v) is 1.27. The molecule has 2 rings (SSSR count). The Bertz CT molecular complexity index is 460. The van der Waals surface area contributed by atoms with E-state index >= 15 is 0 Å². The maximum atomic E-state index is 13.0. The van der Waals surface area contributed by atoms with Gasteiger partial charge in [-0.1, -0.05) is 0 Å². The minimum absolute atomic E-state index is 0.240. The summed E-state index contributed by atoms with van der Waals surface area (Å²) in [5.41, 5.74) is 0.240. The van der Waals surface area contributed by atoms with Gasteiger partial charge in [0.15, 0.2) is 17.4 Å². The van der Waals surface area contributed by atoms with Gasteiger partial charge in [-0.25, -0.2) is 8.78 Å². The monoisotopic (exact) mass is 225 g/mol. The standard InChI is InChI=1S/C11H9F2NO2/c12-9-4-7(5-10(13)11(9)15)14-6-8-2-1-3-16-8/h1-5,14-15H,6H2. The highest BCUT2D eigenvalue weighted by molar-refractivity contribution is 5.47. The van der Waals surface area contributed by atoms with Crippen molar-refractivity contribution in [2.45, 2.75) is 6.54 Å². The van der Waals surface area contributed by atoms with E-state index in [0.29, 0.717) is 12.3 Å². The Morgan fingerprint density at radius 3 is 2.50 bits per heavy atom. The summed E-state index contributed by atoms with van der Waals surface area (Å²) in [4.78, 5) is 0. The van der Waals surface area contributed by atoms with E-state index in [4.69, 9.17) is 9.52 Å². The topological polar surface area (TPSA) is 45.4 Å². The van der Waals surface area contributed by atoms with Crippen molar-refractivity contribution in [1.82, 2.24) is 0 Å². The number of halogens is 2. The second kappa shape index (κ2) is 4.22. The maximum Gasteiger partial charge on any atom is 0.187 e. The Labute approximate surface area is 90.3 Å². The molecule has 84 valence electrons. The van der Waals surface area contributed by atoms with Gasteiger partial charge in [0, 0.05) is 17.8 Å². The summed E-state index contributed by atoms with van der Waals surface area (Å²) in [5, 5.41) is 11.7. The van der Waals surface area contributed by atoms with Crippen LogP contribution in [0.1, 0.15) is 5.76 Å². The molecular weight excluding hydrogens is 216 g/mol. The summed E-state index contributed by atoms with van der Waals surface area (Å²) in [6, 6.07) is 5.48. The van der Waals surface area contributed by atoms with Crippen LogP contribution < -0.4 is 5.32 Å². The molecule has 0 bridgehead atoms. The van der Waals surface area contributed by atoms with Crippen molar-refractivity contribution in [3.8, 4) is 5.75 Å². The molecule has 1 heterocycles. The first kappa shape index (κ1) is 10.5. The maximum absolute atomic E-state index is 13.0. The van der Waals surface area contributed by atoms with E-state index in [1.807, 2.05) is 0 Å². The molecular formula is C11H9F2NO2. The predicted molar refractivity (Wildman–Crippen MR) is 54.1 cm³/mol. The molecule has 0 atom stereocenters. The highest BCUT2D eigenvalue weighted by Gasteiger charge is 2.09. The largest absolute Gasteiger partial charge is 0.503 e. The molecule has 0 unspecified atom stereocenters. The van der Waals surface area contributed by atoms with E-state index in [2.05, 4.69) is 5.32 Å². The summed E-state index contributed by atoms with van der Waals surface area (Å²) in [5.74, 6) is -2.32. The van der Waals surface area contributed by atoms with Gasteiger partial charge in [0.25, 0.3) is 0 Å². The normalized spacial score (nSPS) is 10.4.